The smallest absolute Gasteiger partial charge is 0.406 e. The maximum atomic E-state index is 12.7. The highest BCUT2D eigenvalue weighted by Gasteiger charge is 2.32. The summed E-state index contributed by atoms with van der Waals surface area (Å²) < 4.78 is 38.8. The quantitative estimate of drug-likeness (QED) is 0.581. The van der Waals surface area contributed by atoms with E-state index in [0.717, 1.165) is 0 Å². The molecule has 1 amide bonds. The molecule has 2 rings (SSSR count). The van der Waals surface area contributed by atoms with Gasteiger partial charge in [-0.1, -0.05) is 11.6 Å². The Balaban J connectivity index is 2.62. The van der Waals surface area contributed by atoms with Crippen LogP contribution in [-0.4, -0.2) is 27.7 Å². The van der Waals surface area contributed by atoms with Crippen LogP contribution in [0.1, 0.15) is 5.69 Å². The molecule has 2 aromatic rings. The number of halogens is 4. The highest BCUT2D eigenvalue weighted by molar-refractivity contribution is 6.31. The predicted octanol–water partition coefficient (Wildman–Crippen LogP) is 1.91. The van der Waals surface area contributed by atoms with E-state index in [-0.39, 0.29) is 21.5 Å². The molecule has 5 N–H and O–H groups in total. The summed E-state index contributed by atoms with van der Waals surface area (Å²) in [6.07, 6.45) is -5.12. The van der Waals surface area contributed by atoms with Gasteiger partial charge in [0.1, 0.15) is 6.54 Å². The first kappa shape index (κ1) is 16.9. The van der Waals surface area contributed by atoms with Gasteiger partial charge in [0.2, 0.25) is 0 Å². The summed E-state index contributed by atoms with van der Waals surface area (Å²) in [5.41, 5.74) is 10.1. The van der Waals surface area contributed by atoms with Crippen molar-refractivity contribution in [2.45, 2.75) is 19.1 Å². The number of alkyl halides is 3. The van der Waals surface area contributed by atoms with E-state index in [0.29, 0.717) is 4.57 Å². The van der Waals surface area contributed by atoms with Crippen LogP contribution in [0.5, 0.6) is 5.88 Å². The Labute approximate surface area is 133 Å². The van der Waals surface area contributed by atoms with Gasteiger partial charge in [0, 0.05) is 21.5 Å². The van der Waals surface area contributed by atoms with Crippen molar-refractivity contribution in [3.63, 3.8) is 0 Å². The number of aromatic hydroxyl groups is 1. The monoisotopic (exact) mass is 348 g/mol. The third-order valence-corrected chi connectivity index (χ3v) is 3.26. The topological polar surface area (TPSA) is 107 Å². The zero-order valence-corrected chi connectivity index (χ0v) is 12.3. The first-order valence-corrected chi connectivity index (χ1v) is 6.65. The molecular weight excluding hydrogens is 337 g/mol. The Morgan fingerprint density at radius 2 is 1.96 bits per heavy atom. The van der Waals surface area contributed by atoms with Gasteiger partial charge in [-0.3, -0.25) is 4.79 Å². The first-order valence-electron chi connectivity index (χ1n) is 6.27. The molecule has 0 fully saturated rings. The fourth-order valence-electron chi connectivity index (χ4n) is 2.24. The van der Waals surface area contributed by atoms with Gasteiger partial charge in [0.05, 0.1) is 6.42 Å². The lowest BCUT2D eigenvalue weighted by Crippen LogP contribution is -2.25. The SMILES string of the molecule is NC(N)=NC(=O)Cc1c2cc(Cl)ccc2c(O)n1CC(F)(F)F. The number of carbonyl (C=O) groups is 1. The van der Waals surface area contributed by atoms with E-state index in [1.807, 2.05) is 0 Å². The molecule has 6 nitrogen and oxygen atoms in total. The van der Waals surface area contributed by atoms with Gasteiger partial charge in [-0.05, 0) is 18.2 Å². The van der Waals surface area contributed by atoms with Gasteiger partial charge >= 0.3 is 6.18 Å². The number of benzene rings is 1. The van der Waals surface area contributed by atoms with Gasteiger partial charge in [0.15, 0.2) is 11.8 Å². The highest BCUT2D eigenvalue weighted by Crippen LogP contribution is 2.36. The van der Waals surface area contributed by atoms with Gasteiger partial charge in [-0.25, -0.2) is 0 Å². The van der Waals surface area contributed by atoms with E-state index < -0.39 is 36.9 Å². The number of aromatic nitrogens is 1. The summed E-state index contributed by atoms with van der Waals surface area (Å²) >= 11 is 5.84. The number of hydrogen-bond acceptors (Lipinski definition) is 2. The van der Waals surface area contributed by atoms with Crippen molar-refractivity contribution in [1.82, 2.24) is 4.57 Å². The fraction of sp³-hybridized carbons (Fsp3) is 0.231. The van der Waals surface area contributed by atoms with Crippen LogP contribution in [0.2, 0.25) is 5.02 Å². The Hall–Kier alpha value is -2.42. The number of nitrogens with two attached hydrogens (primary N) is 2. The van der Waals surface area contributed by atoms with Crippen LogP contribution in [-0.2, 0) is 17.8 Å². The molecular formula is C13H12ClF3N4O2. The molecule has 0 aliphatic heterocycles. The van der Waals surface area contributed by atoms with Gasteiger partial charge < -0.3 is 21.1 Å². The first-order chi connectivity index (χ1) is 10.6. The zero-order chi connectivity index (χ0) is 17.4. The summed E-state index contributed by atoms with van der Waals surface area (Å²) in [6, 6.07) is 4.15. The lowest BCUT2D eigenvalue weighted by molar-refractivity contribution is -0.142. The normalized spacial score (nSPS) is 11.7. The minimum Gasteiger partial charge on any atom is -0.494 e. The Kier molecular flexibility index (Phi) is 4.42. The van der Waals surface area contributed by atoms with Crippen LogP contribution in [0.25, 0.3) is 10.8 Å². The molecule has 0 unspecified atom stereocenters. The standard InChI is InChI=1S/C13H12ClF3N4O2/c14-6-1-2-7-8(3-6)9(4-10(22)20-12(18)19)21(11(7)23)5-13(15,16)17/h1-3,23H,4-5H2,(H4,18,19,20,22). The average Bonchev–Trinajstić information content (AvgIpc) is 2.61. The molecule has 0 atom stereocenters. The van der Waals surface area contributed by atoms with E-state index in [9.17, 15) is 23.1 Å². The Bertz CT molecular complexity index is 795. The minimum atomic E-state index is -4.59. The summed E-state index contributed by atoms with van der Waals surface area (Å²) in [5.74, 6) is -1.95. The average molecular weight is 349 g/mol. The number of fused-ring (bicyclic) bond motifs is 1. The maximum Gasteiger partial charge on any atom is 0.406 e. The van der Waals surface area contributed by atoms with Crippen LogP contribution >= 0.6 is 11.6 Å². The highest BCUT2D eigenvalue weighted by atomic mass is 35.5. The summed E-state index contributed by atoms with van der Waals surface area (Å²) in [4.78, 5) is 15.0. The van der Waals surface area contributed by atoms with Gasteiger partial charge in [-0.2, -0.15) is 18.2 Å². The number of carbonyl (C=O) groups excluding carboxylic acids is 1. The molecule has 0 aliphatic rings. The molecule has 0 aliphatic carbocycles. The predicted molar refractivity (Wildman–Crippen MR) is 79.2 cm³/mol. The molecule has 0 saturated heterocycles. The molecule has 0 radical (unpaired) electrons. The van der Waals surface area contributed by atoms with Crippen molar-refractivity contribution in [3.8, 4) is 5.88 Å². The summed E-state index contributed by atoms with van der Waals surface area (Å²) in [7, 11) is 0. The van der Waals surface area contributed by atoms with E-state index >= 15 is 0 Å². The van der Waals surface area contributed by atoms with E-state index in [4.69, 9.17) is 23.1 Å². The number of rotatable bonds is 3. The number of hydrogen-bond donors (Lipinski definition) is 3. The Morgan fingerprint density at radius 3 is 2.52 bits per heavy atom. The van der Waals surface area contributed by atoms with Crippen molar-refractivity contribution in [2.24, 2.45) is 16.5 Å². The van der Waals surface area contributed by atoms with Crippen LogP contribution in [0.15, 0.2) is 23.2 Å². The summed E-state index contributed by atoms with van der Waals surface area (Å²) in [6.45, 7) is -1.46. The van der Waals surface area contributed by atoms with Gasteiger partial charge in [-0.15, -0.1) is 0 Å². The van der Waals surface area contributed by atoms with E-state index in [1.165, 1.54) is 18.2 Å². The molecule has 0 bridgehead atoms. The van der Waals surface area contributed by atoms with Gasteiger partial charge in [0.25, 0.3) is 5.91 Å². The number of aliphatic imine (C=N–C) groups is 1. The molecule has 0 spiro atoms. The largest absolute Gasteiger partial charge is 0.494 e. The third-order valence-electron chi connectivity index (χ3n) is 3.02. The molecule has 0 saturated carbocycles. The van der Waals surface area contributed by atoms with Crippen LogP contribution in [0.4, 0.5) is 13.2 Å². The van der Waals surface area contributed by atoms with Crippen LogP contribution in [0.3, 0.4) is 0 Å². The molecule has 1 aromatic heterocycles. The minimum absolute atomic E-state index is 0.0766. The summed E-state index contributed by atoms with van der Waals surface area (Å²) in [5, 5.41) is 10.7. The molecule has 23 heavy (non-hydrogen) atoms. The molecule has 124 valence electrons. The van der Waals surface area contributed by atoms with E-state index in [2.05, 4.69) is 4.99 Å². The van der Waals surface area contributed by atoms with Crippen molar-refractivity contribution in [1.29, 1.82) is 0 Å². The fourth-order valence-corrected chi connectivity index (χ4v) is 2.41. The zero-order valence-electron chi connectivity index (χ0n) is 11.6. The number of amides is 1. The third kappa shape index (κ3) is 3.86. The second-order valence-corrected chi connectivity index (χ2v) is 5.21. The maximum absolute atomic E-state index is 12.7. The second-order valence-electron chi connectivity index (χ2n) is 4.77. The lowest BCUT2D eigenvalue weighted by Gasteiger charge is -2.12. The van der Waals surface area contributed by atoms with Crippen LogP contribution in [0, 0.1) is 0 Å². The van der Waals surface area contributed by atoms with Crippen molar-refractivity contribution in [3.05, 3.63) is 28.9 Å². The Morgan fingerprint density at radius 1 is 1.30 bits per heavy atom. The lowest BCUT2D eigenvalue weighted by atomic mass is 10.1. The van der Waals surface area contributed by atoms with Crippen molar-refractivity contribution >= 4 is 34.2 Å². The molecule has 10 heteroatoms. The molecule has 1 heterocycles. The number of guanidine groups is 1. The van der Waals surface area contributed by atoms with Crippen molar-refractivity contribution < 1.29 is 23.1 Å². The van der Waals surface area contributed by atoms with E-state index in [1.54, 1.807) is 0 Å². The van der Waals surface area contributed by atoms with Crippen LogP contribution < -0.4 is 11.5 Å². The van der Waals surface area contributed by atoms with Crippen molar-refractivity contribution in [2.75, 3.05) is 0 Å². The molecule has 1 aromatic carbocycles. The second kappa shape index (κ2) is 5.99. The number of nitrogens with zero attached hydrogens (tertiary/aromatic N) is 2.